The summed E-state index contributed by atoms with van der Waals surface area (Å²) in [7, 11) is 1.43. The van der Waals surface area contributed by atoms with Gasteiger partial charge < -0.3 is 4.74 Å². The molecule has 18 heavy (non-hydrogen) atoms. The molecule has 7 heteroatoms. The van der Waals surface area contributed by atoms with Gasteiger partial charge in [-0.15, -0.1) is 0 Å². The van der Waals surface area contributed by atoms with E-state index in [9.17, 15) is 4.79 Å². The number of methoxy groups -OCH3 is 1. The van der Waals surface area contributed by atoms with E-state index in [4.69, 9.17) is 4.74 Å². The molecule has 1 atom stereocenters. The quantitative estimate of drug-likeness (QED) is 0.568. The van der Waals surface area contributed by atoms with Gasteiger partial charge in [0, 0.05) is 11.8 Å². The molecule has 2 rings (SSSR count). The van der Waals surface area contributed by atoms with E-state index in [-0.39, 0.29) is 5.97 Å². The Morgan fingerprint density at radius 3 is 3.06 bits per heavy atom. The van der Waals surface area contributed by atoms with Crippen LogP contribution >= 0.6 is 11.8 Å². The average molecular weight is 270 g/mol. The highest BCUT2D eigenvalue weighted by Gasteiger charge is 2.38. The highest BCUT2D eigenvalue weighted by Crippen LogP contribution is 2.26. The van der Waals surface area contributed by atoms with Gasteiger partial charge in [-0.3, -0.25) is 15.2 Å². The van der Waals surface area contributed by atoms with Gasteiger partial charge in [0.1, 0.15) is 11.9 Å². The first-order valence-corrected chi connectivity index (χ1v) is 6.97. The molecule has 0 spiro atoms. The number of carbonyl (C=O) groups excluding carboxylic acids is 1. The number of hydrogen-bond donors (Lipinski definition) is 2. The van der Waals surface area contributed by atoms with Gasteiger partial charge in [0.05, 0.1) is 7.11 Å². The van der Waals surface area contributed by atoms with Crippen LogP contribution in [-0.4, -0.2) is 45.6 Å². The maximum absolute atomic E-state index is 11.9. The lowest BCUT2D eigenvalue weighted by Crippen LogP contribution is -2.51. The third-order valence-corrected chi connectivity index (χ3v) is 3.85. The van der Waals surface area contributed by atoms with Gasteiger partial charge >= 0.3 is 5.97 Å². The first kappa shape index (κ1) is 13.4. The van der Waals surface area contributed by atoms with E-state index in [1.807, 2.05) is 6.92 Å². The second-order valence-electron chi connectivity index (χ2n) is 4.63. The zero-order valence-electron chi connectivity index (χ0n) is 10.6. The number of rotatable bonds is 7. The predicted molar refractivity (Wildman–Crippen MR) is 68.3 cm³/mol. The number of thioether (sulfide) groups is 1. The standard InChI is InChI=1S/C11H18N4O2S/c1-11(9(16)17-2,14-8-3-4-8)5-6-18-10-12-7-13-15-10/h7-8,14H,3-6H2,1-2H3,(H,12,13,15). The Kier molecular flexibility index (Phi) is 4.23. The third-order valence-electron chi connectivity index (χ3n) is 2.97. The van der Waals surface area contributed by atoms with E-state index in [1.54, 1.807) is 11.8 Å². The van der Waals surface area contributed by atoms with Crippen molar-refractivity contribution in [3.63, 3.8) is 0 Å². The minimum absolute atomic E-state index is 0.201. The van der Waals surface area contributed by atoms with Gasteiger partial charge in [-0.25, -0.2) is 4.98 Å². The smallest absolute Gasteiger partial charge is 0.325 e. The van der Waals surface area contributed by atoms with Crippen molar-refractivity contribution in [3.05, 3.63) is 6.33 Å². The van der Waals surface area contributed by atoms with Crippen LogP contribution in [0.4, 0.5) is 0 Å². The lowest BCUT2D eigenvalue weighted by molar-refractivity contribution is -0.148. The number of ether oxygens (including phenoxy) is 1. The number of nitrogens with one attached hydrogen (secondary N) is 2. The number of nitrogens with zero attached hydrogens (tertiary/aromatic N) is 2. The summed E-state index contributed by atoms with van der Waals surface area (Å²) in [5, 5.41) is 10.7. The molecule has 0 amide bonds. The SMILES string of the molecule is COC(=O)C(C)(CCSc1ncn[nH]1)NC1CC1. The van der Waals surface area contributed by atoms with Gasteiger partial charge in [0.25, 0.3) is 0 Å². The number of carbonyl (C=O) groups is 1. The molecule has 0 aliphatic heterocycles. The molecule has 1 aromatic rings. The van der Waals surface area contributed by atoms with Crippen molar-refractivity contribution in [2.24, 2.45) is 0 Å². The highest BCUT2D eigenvalue weighted by molar-refractivity contribution is 7.99. The molecule has 0 saturated heterocycles. The summed E-state index contributed by atoms with van der Waals surface area (Å²) in [6, 6.07) is 0.462. The lowest BCUT2D eigenvalue weighted by atomic mass is 9.99. The molecule has 0 bridgehead atoms. The van der Waals surface area contributed by atoms with Crippen LogP contribution in [0.2, 0.25) is 0 Å². The Hall–Kier alpha value is -1.08. The molecular weight excluding hydrogens is 252 g/mol. The molecule has 1 fully saturated rings. The van der Waals surface area contributed by atoms with E-state index >= 15 is 0 Å². The Morgan fingerprint density at radius 2 is 2.50 bits per heavy atom. The summed E-state index contributed by atoms with van der Waals surface area (Å²) in [6.07, 6.45) is 4.45. The Balaban J connectivity index is 1.85. The predicted octanol–water partition coefficient (Wildman–Crippen LogP) is 0.971. The minimum atomic E-state index is -0.608. The number of aromatic nitrogens is 3. The molecule has 1 heterocycles. The van der Waals surface area contributed by atoms with Gasteiger partial charge in [0.2, 0.25) is 0 Å². The van der Waals surface area contributed by atoms with E-state index < -0.39 is 5.54 Å². The highest BCUT2D eigenvalue weighted by atomic mass is 32.2. The molecule has 100 valence electrons. The van der Waals surface area contributed by atoms with Crippen LogP contribution < -0.4 is 5.32 Å². The second kappa shape index (κ2) is 5.71. The van der Waals surface area contributed by atoms with E-state index in [1.165, 1.54) is 13.4 Å². The maximum atomic E-state index is 11.9. The first-order chi connectivity index (χ1) is 8.64. The van der Waals surface area contributed by atoms with Crippen LogP contribution in [0.25, 0.3) is 0 Å². The molecule has 0 radical (unpaired) electrons. The zero-order valence-corrected chi connectivity index (χ0v) is 11.4. The normalized spacial score (nSPS) is 18.3. The minimum Gasteiger partial charge on any atom is -0.468 e. The molecule has 2 N–H and O–H groups in total. The van der Waals surface area contributed by atoms with Crippen molar-refractivity contribution in [3.8, 4) is 0 Å². The van der Waals surface area contributed by atoms with Crippen LogP contribution in [0.3, 0.4) is 0 Å². The van der Waals surface area contributed by atoms with Crippen LogP contribution in [0.1, 0.15) is 26.2 Å². The van der Waals surface area contributed by atoms with Gasteiger partial charge in [0.15, 0.2) is 5.16 Å². The van der Waals surface area contributed by atoms with Crippen LogP contribution in [-0.2, 0) is 9.53 Å². The number of esters is 1. The average Bonchev–Trinajstić information content (AvgIpc) is 3.01. The molecule has 1 aliphatic carbocycles. The fourth-order valence-electron chi connectivity index (χ4n) is 1.75. The summed E-state index contributed by atoms with van der Waals surface area (Å²) in [5.41, 5.74) is -0.608. The monoisotopic (exact) mass is 270 g/mol. The summed E-state index contributed by atoms with van der Waals surface area (Å²) in [6.45, 7) is 1.90. The Bertz CT molecular complexity index is 394. The molecule has 1 aliphatic rings. The summed E-state index contributed by atoms with van der Waals surface area (Å²) < 4.78 is 4.89. The van der Waals surface area contributed by atoms with Crippen molar-refractivity contribution in [2.75, 3.05) is 12.9 Å². The largest absolute Gasteiger partial charge is 0.468 e. The van der Waals surface area contributed by atoms with E-state index in [0.29, 0.717) is 12.5 Å². The fraction of sp³-hybridized carbons (Fsp3) is 0.727. The summed E-state index contributed by atoms with van der Waals surface area (Å²) >= 11 is 1.55. The number of hydrogen-bond acceptors (Lipinski definition) is 6. The summed E-state index contributed by atoms with van der Waals surface area (Å²) in [5.74, 6) is 0.577. The lowest BCUT2D eigenvalue weighted by Gasteiger charge is -2.27. The maximum Gasteiger partial charge on any atom is 0.325 e. The van der Waals surface area contributed by atoms with Crippen molar-refractivity contribution in [1.82, 2.24) is 20.5 Å². The van der Waals surface area contributed by atoms with Gasteiger partial charge in [-0.2, -0.15) is 5.10 Å². The van der Waals surface area contributed by atoms with Crippen molar-refractivity contribution < 1.29 is 9.53 Å². The topological polar surface area (TPSA) is 79.9 Å². The molecule has 1 unspecified atom stereocenters. The third kappa shape index (κ3) is 3.46. The number of aromatic amines is 1. The van der Waals surface area contributed by atoms with Crippen molar-refractivity contribution in [1.29, 1.82) is 0 Å². The first-order valence-electron chi connectivity index (χ1n) is 5.98. The molecule has 1 saturated carbocycles. The van der Waals surface area contributed by atoms with E-state index in [0.717, 1.165) is 23.8 Å². The molecule has 6 nitrogen and oxygen atoms in total. The molecular formula is C11H18N4O2S. The zero-order chi connectivity index (χ0) is 13.0. The number of H-pyrrole nitrogens is 1. The van der Waals surface area contributed by atoms with Crippen LogP contribution in [0, 0.1) is 0 Å². The summed E-state index contributed by atoms with van der Waals surface area (Å²) in [4.78, 5) is 15.9. The Labute approximate surface area is 110 Å². The van der Waals surface area contributed by atoms with Gasteiger partial charge in [-0.05, 0) is 26.2 Å². The Morgan fingerprint density at radius 1 is 1.72 bits per heavy atom. The molecule has 1 aromatic heterocycles. The van der Waals surface area contributed by atoms with Crippen molar-refractivity contribution in [2.45, 2.75) is 42.9 Å². The van der Waals surface area contributed by atoms with Crippen molar-refractivity contribution >= 4 is 17.7 Å². The van der Waals surface area contributed by atoms with Crippen LogP contribution in [0.15, 0.2) is 11.5 Å². The molecule has 0 aromatic carbocycles. The second-order valence-corrected chi connectivity index (χ2v) is 5.72. The van der Waals surface area contributed by atoms with Gasteiger partial charge in [-0.1, -0.05) is 11.8 Å². The van der Waals surface area contributed by atoms with Crippen LogP contribution in [0.5, 0.6) is 0 Å². The van der Waals surface area contributed by atoms with E-state index in [2.05, 4.69) is 20.5 Å². The fourth-order valence-corrected chi connectivity index (χ4v) is 2.69.